The summed E-state index contributed by atoms with van der Waals surface area (Å²) in [5.41, 5.74) is 1.92. The van der Waals surface area contributed by atoms with Crippen LogP contribution in [0.3, 0.4) is 0 Å². The molecule has 7 nitrogen and oxygen atoms in total. The Balaban J connectivity index is 1.63. The van der Waals surface area contributed by atoms with Crippen molar-refractivity contribution in [3.8, 4) is 0 Å². The number of rotatable bonds is 7. The summed E-state index contributed by atoms with van der Waals surface area (Å²) in [6.45, 7) is 1.08. The topological polar surface area (TPSA) is 92.8 Å². The first-order chi connectivity index (χ1) is 13.8. The van der Waals surface area contributed by atoms with Crippen LogP contribution in [0.25, 0.3) is 0 Å². The molecule has 1 aliphatic rings. The number of alkyl carbamates (subject to hydrolysis) is 1. The van der Waals surface area contributed by atoms with Gasteiger partial charge in [-0.05, 0) is 35.4 Å². The van der Waals surface area contributed by atoms with E-state index in [1.54, 1.807) is 16.2 Å². The van der Waals surface area contributed by atoms with E-state index in [9.17, 15) is 18.0 Å². The van der Waals surface area contributed by atoms with Gasteiger partial charge in [-0.25, -0.2) is 13.2 Å². The number of benzene rings is 1. The second kappa shape index (κ2) is 9.41. The number of hydrogen-bond donors (Lipinski definition) is 1. The van der Waals surface area contributed by atoms with Crippen molar-refractivity contribution >= 4 is 33.2 Å². The number of carbonyl (C=O) groups is 2. The van der Waals surface area contributed by atoms with E-state index in [2.05, 4.69) is 5.32 Å². The summed E-state index contributed by atoms with van der Waals surface area (Å²) in [7, 11) is -3.28. The molecule has 156 valence electrons. The third-order valence-electron chi connectivity index (χ3n) is 4.70. The number of nitrogens with one attached hydrogen (secondary N) is 1. The third kappa shape index (κ3) is 6.30. The van der Waals surface area contributed by atoms with Crippen LogP contribution in [0.5, 0.6) is 0 Å². The zero-order chi connectivity index (χ0) is 20.9. The van der Waals surface area contributed by atoms with Crippen molar-refractivity contribution in [1.82, 2.24) is 10.2 Å². The molecule has 0 bridgehead atoms. The van der Waals surface area contributed by atoms with Crippen LogP contribution in [-0.2, 0) is 38.9 Å². The van der Waals surface area contributed by atoms with Crippen LogP contribution in [-0.4, -0.2) is 49.9 Å². The third-order valence-corrected chi connectivity index (χ3v) is 6.70. The van der Waals surface area contributed by atoms with Crippen molar-refractivity contribution in [1.29, 1.82) is 0 Å². The summed E-state index contributed by atoms with van der Waals surface area (Å²) >= 11 is 1.67. The molecule has 2 aromatic rings. The first kappa shape index (κ1) is 21.3. The van der Waals surface area contributed by atoms with Crippen LogP contribution >= 0.6 is 11.3 Å². The van der Waals surface area contributed by atoms with Gasteiger partial charge in [0.1, 0.15) is 22.5 Å². The Morgan fingerprint density at radius 2 is 2.00 bits per heavy atom. The minimum Gasteiger partial charge on any atom is -0.445 e. The van der Waals surface area contributed by atoms with Gasteiger partial charge in [-0.3, -0.25) is 4.79 Å². The molecular formula is C20H24N2O5S2. The van der Waals surface area contributed by atoms with Gasteiger partial charge in [0.05, 0.1) is 5.75 Å². The van der Waals surface area contributed by atoms with Gasteiger partial charge in [-0.2, -0.15) is 0 Å². The van der Waals surface area contributed by atoms with Gasteiger partial charge in [0.2, 0.25) is 5.91 Å². The van der Waals surface area contributed by atoms with E-state index in [1.807, 2.05) is 41.8 Å². The van der Waals surface area contributed by atoms with Crippen molar-refractivity contribution in [2.24, 2.45) is 0 Å². The average molecular weight is 437 g/mol. The molecule has 0 saturated heterocycles. The van der Waals surface area contributed by atoms with Gasteiger partial charge in [0.25, 0.3) is 0 Å². The molecule has 0 saturated carbocycles. The summed E-state index contributed by atoms with van der Waals surface area (Å²) in [6.07, 6.45) is 1.14. The predicted octanol–water partition coefficient (Wildman–Crippen LogP) is 2.36. The molecule has 0 radical (unpaired) electrons. The normalized spacial score (nSPS) is 14.7. The Morgan fingerprint density at radius 1 is 1.24 bits per heavy atom. The number of nitrogens with zero attached hydrogens (tertiary/aromatic N) is 1. The number of carbonyl (C=O) groups excluding carboxylic acids is 2. The van der Waals surface area contributed by atoms with Crippen LogP contribution < -0.4 is 5.32 Å². The number of fused-ring (bicyclic) bond motifs is 1. The molecule has 2 heterocycles. The SMILES string of the molecule is CS(=O)(=O)CC[C@H](NC(=O)OCc1ccccc1)C(=O)N1CCc2sccc2C1. The first-order valence-corrected chi connectivity index (χ1v) is 12.2. The fourth-order valence-corrected chi connectivity index (χ4v) is 4.71. The first-order valence-electron chi connectivity index (χ1n) is 9.31. The molecule has 29 heavy (non-hydrogen) atoms. The van der Waals surface area contributed by atoms with Crippen LogP contribution in [0, 0.1) is 0 Å². The molecule has 1 atom stereocenters. The summed E-state index contributed by atoms with van der Waals surface area (Å²) in [6, 6.07) is 10.2. The molecule has 0 fully saturated rings. The molecule has 0 unspecified atom stereocenters. The van der Waals surface area contributed by atoms with Gasteiger partial charge in [0, 0.05) is 24.2 Å². The van der Waals surface area contributed by atoms with Gasteiger partial charge in [-0.15, -0.1) is 11.3 Å². The lowest BCUT2D eigenvalue weighted by Gasteiger charge is -2.30. The van der Waals surface area contributed by atoms with E-state index in [0.717, 1.165) is 23.8 Å². The van der Waals surface area contributed by atoms with E-state index in [4.69, 9.17) is 4.74 Å². The highest BCUT2D eigenvalue weighted by Gasteiger charge is 2.30. The van der Waals surface area contributed by atoms with Gasteiger partial charge in [-0.1, -0.05) is 30.3 Å². The highest BCUT2D eigenvalue weighted by molar-refractivity contribution is 7.90. The van der Waals surface area contributed by atoms with Crippen LogP contribution in [0.1, 0.15) is 22.4 Å². The summed E-state index contributed by atoms with van der Waals surface area (Å²) in [5, 5.41) is 4.56. The molecular weight excluding hydrogens is 412 g/mol. The van der Waals surface area contributed by atoms with Crippen molar-refractivity contribution in [3.63, 3.8) is 0 Å². The smallest absolute Gasteiger partial charge is 0.408 e. The number of ether oxygens (including phenoxy) is 1. The van der Waals surface area contributed by atoms with E-state index in [1.165, 1.54) is 4.88 Å². The number of hydrogen-bond acceptors (Lipinski definition) is 6. The van der Waals surface area contributed by atoms with Crippen molar-refractivity contribution < 1.29 is 22.7 Å². The van der Waals surface area contributed by atoms with E-state index >= 15 is 0 Å². The van der Waals surface area contributed by atoms with Crippen LogP contribution in [0.15, 0.2) is 41.8 Å². The Bertz CT molecular complexity index is 956. The van der Waals surface area contributed by atoms with Gasteiger partial charge < -0.3 is 15.0 Å². The monoisotopic (exact) mass is 436 g/mol. The molecule has 1 aromatic heterocycles. The molecule has 9 heteroatoms. The Hall–Kier alpha value is -2.39. The minimum absolute atomic E-state index is 0.00506. The zero-order valence-corrected chi connectivity index (χ0v) is 17.8. The van der Waals surface area contributed by atoms with Crippen molar-refractivity contribution in [2.75, 3.05) is 18.6 Å². The molecule has 1 aromatic carbocycles. The Morgan fingerprint density at radius 3 is 2.72 bits per heavy atom. The lowest BCUT2D eigenvalue weighted by molar-refractivity contribution is -0.134. The number of thiophene rings is 1. The summed E-state index contributed by atoms with van der Waals surface area (Å²) < 4.78 is 28.4. The van der Waals surface area contributed by atoms with Gasteiger partial charge >= 0.3 is 6.09 Å². The van der Waals surface area contributed by atoms with Gasteiger partial charge in [0.15, 0.2) is 0 Å². The number of sulfone groups is 1. The van der Waals surface area contributed by atoms with E-state index < -0.39 is 22.0 Å². The van der Waals surface area contributed by atoms with E-state index in [-0.39, 0.29) is 24.7 Å². The molecule has 1 aliphatic heterocycles. The quantitative estimate of drug-likeness (QED) is 0.719. The lowest BCUT2D eigenvalue weighted by Crippen LogP contribution is -2.50. The second-order valence-corrected chi connectivity index (χ2v) is 10.3. The molecule has 3 rings (SSSR count). The highest BCUT2D eigenvalue weighted by Crippen LogP contribution is 2.24. The van der Waals surface area contributed by atoms with E-state index in [0.29, 0.717) is 13.1 Å². The van der Waals surface area contributed by atoms with Crippen molar-refractivity contribution in [3.05, 3.63) is 57.8 Å². The highest BCUT2D eigenvalue weighted by atomic mass is 32.2. The standard InChI is InChI=1S/C20H24N2O5S2/c1-29(25,26)12-9-17(21-20(24)27-14-15-5-3-2-4-6-15)19(23)22-10-7-18-16(13-22)8-11-28-18/h2-6,8,11,17H,7,9-10,12-14H2,1H3,(H,21,24)/t17-/m0/s1. The molecule has 0 spiro atoms. The maximum absolute atomic E-state index is 13.0. The van der Waals surface area contributed by atoms with Crippen LogP contribution in [0.2, 0.25) is 0 Å². The van der Waals surface area contributed by atoms with Crippen LogP contribution in [0.4, 0.5) is 4.79 Å². The average Bonchev–Trinajstić information content (AvgIpc) is 3.17. The Labute approximate surface area is 174 Å². The summed E-state index contributed by atoms with van der Waals surface area (Å²) in [4.78, 5) is 28.2. The summed E-state index contributed by atoms with van der Waals surface area (Å²) in [5.74, 6) is -0.484. The minimum atomic E-state index is -3.28. The Kier molecular flexibility index (Phi) is 6.92. The largest absolute Gasteiger partial charge is 0.445 e. The number of amides is 2. The zero-order valence-electron chi connectivity index (χ0n) is 16.2. The fraction of sp³-hybridized carbons (Fsp3) is 0.400. The molecule has 2 amide bonds. The molecule has 1 N–H and O–H groups in total. The van der Waals surface area contributed by atoms with Crippen molar-refractivity contribution in [2.45, 2.75) is 32.0 Å². The second-order valence-electron chi connectivity index (χ2n) is 7.06. The lowest BCUT2D eigenvalue weighted by atomic mass is 10.1. The molecule has 0 aliphatic carbocycles. The predicted molar refractivity (Wildman–Crippen MR) is 111 cm³/mol. The fourth-order valence-electron chi connectivity index (χ4n) is 3.15. The maximum Gasteiger partial charge on any atom is 0.408 e. The maximum atomic E-state index is 13.0.